The number of fused-ring (bicyclic) bond motifs is 15. The Balaban J connectivity index is 0.000000108. The fraction of sp³-hybridized carbons (Fsp3) is 0. The summed E-state index contributed by atoms with van der Waals surface area (Å²) in [7, 11) is 0. The van der Waals surface area contributed by atoms with E-state index in [0.717, 1.165) is 99.2 Å². The van der Waals surface area contributed by atoms with Gasteiger partial charge in [0.25, 0.3) is 0 Å². The van der Waals surface area contributed by atoms with E-state index >= 15 is 0 Å². The van der Waals surface area contributed by atoms with Crippen LogP contribution >= 0.6 is 0 Å². The van der Waals surface area contributed by atoms with Crippen LogP contribution in [-0.2, 0) is 0 Å². The lowest BCUT2D eigenvalue weighted by Gasteiger charge is -2.20. The van der Waals surface area contributed by atoms with Crippen molar-refractivity contribution in [3.05, 3.63) is 510 Å². The molecular weight excluding hydrogens is 1630 g/mol. The Kier molecular flexibility index (Phi) is 20.0. The third kappa shape index (κ3) is 14.0. The molecule has 3 heteroatoms. The van der Waals surface area contributed by atoms with Crippen molar-refractivity contribution >= 4 is 130 Å². The van der Waals surface area contributed by atoms with Crippen LogP contribution in [0.5, 0.6) is 0 Å². The van der Waals surface area contributed by atoms with Crippen LogP contribution in [0.2, 0.25) is 0 Å². The Morgan fingerprint density at radius 1 is 0.0963 bits per heavy atom. The molecule has 0 unspecified atom stereocenters. The van der Waals surface area contributed by atoms with Gasteiger partial charge in [-0.3, -0.25) is 0 Å². The van der Waals surface area contributed by atoms with E-state index in [1.54, 1.807) is 0 Å². The van der Waals surface area contributed by atoms with Crippen LogP contribution in [0.15, 0.2) is 523 Å². The van der Waals surface area contributed by atoms with Gasteiger partial charge in [-0.05, 0) is 224 Å². The standard InChI is InChI=1S/3C44H28O/c1-2-13-29(14-3-1)30-15-10-17-32(27-30)42-36-20-4-6-22-38(36)43(39-23-7-5-21-37(39)42)33-18-11-16-31(28-33)34-24-12-25-40-35-19-8-9-26-41(35)45-44(34)40;1-2-14-29(15-3-1)32-18-4-5-20-35(32)43-38-23-8-6-21-36(38)42(37-22-7-9-24-39(37)43)31-17-12-16-30(28-31)33-25-13-26-40-34-19-10-11-27-41(34)45-44(33)40;1-2-14-29(15-3-1)30-16-12-17-31(28-30)42-35-21-6-8-23-37(35)43(38-24-9-7-22-36(38)42)34-20-5-4-18-32(34)39-25-13-26-40-33-19-10-11-27-41(33)45-44(39)40/h3*1-28H. The summed E-state index contributed by atoms with van der Waals surface area (Å²) in [5, 5.41) is 21.8. The quantitative estimate of drug-likeness (QED) is 0.114. The predicted molar refractivity (Wildman–Crippen MR) is 571 cm³/mol. The van der Waals surface area contributed by atoms with Crippen molar-refractivity contribution in [3.63, 3.8) is 0 Å². The molecule has 24 aromatic carbocycles. The van der Waals surface area contributed by atoms with E-state index in [2.05, 4.69) is 479 Å². The Bertz CT molecular complexity index is 9130. The van der Waals surface area contributed by atoms with Crippen LogP contribution in [0.4, 0.5) is 0 Å². The van der Waals surface area contributed by atoms with Crippen molar-refractivity contribution in [2.24, 2.45) is 0 Å². The molecule has 0 aliphatic rings. The van der Waals surface area contributed by atoms with Gasteiger partial charge in [0.2, 0.25) is 0 Å². The Morgan fingerprint density at radius 3 is 0.615 bits per heavy atom. The van der Waals surface area contributed by atoms with Crippen LogP contribution < -0.4 is 0 Å². The number of hydrogen-bond acceptors (Lipinski definition) is 3. The van der Waals surface area contributed by atoms with Crippen LogP contribution in [0.25, 0.3) is 264 Å². The average molecular weight is 1720 g/mol. The summed E-state index contributed by atoms with van der Waals surface area (Å²) in [6.45, 7) is 0. The third-order valence-electron chi connectivity index (χ3n) is 27.2. The molecule has 0 saturated heterocycles. The number of rotatable bonds is 12. The maximum absolute atomic E-state index is 6.53. The maximum atomic E-state index is 6.53. The Hall–Kier alpha value is -17.8. The van der Waals surface area contributed by atoms with E-state index < -0.39 is 0 Å². The fourth-order valence-electron chi connectivity index (χ4n) is 21.3. The maximum Gasteiger partial charge on any atom is 0.143 e. The lowest BCUT2D eigenvalue weighted by atomic mass is 9.83. The van der Waals surface area contributed by atoms with Gasteiger partial charge in [-0.15, -0.1) is 0 Å². The average Bonchev–Trinajstić information content (AvgIpc) is 1.59. The molecular formula is C132H84O3. The molecule has 0 aliphatic carbocycles. The molecule has 135 heavy (non-hydrogen) atoms. The fourth-order valence-corrected chi connectivity index (χ4v) is 21.3. The summed E-state index contributed by atoms with van der Waals surface area (Å²) in [5.41, 5.74) is 34.4. The number of furan rings is 3. The lowest BCUT2D eigenvalue weighted by molar-refractivity contribution is 0.669. The molecule has 3 heterocycles. The smallest absolute Gasteiger partial charge is 0.143 e. The third-order valence-corrected chi connectivity index (χ3v) is 27.2. The van der Waals surface area contributed by atoms with Crippen LogP contribution in [-0.4, -0.2) is 0 Å². The molecule has 27 aromatic rings. The molecule has 0 atom stereocenters. The van der Waals surface area contributed by atoms with E-state index in [-0.39, 0.29) is 0 Å². The second kappa shape index (κ2) is 33.9. The number of para-hydroxylation sites is 6. The van der Waals surface area contributed by atoms with Crippen molar-refractivity contribution in [1.29, 1.82) is 0 Å². The van der Waals surface area contributed by atoms with Gasteiger partial charge in [-0.25, -0.2) is 0 Å². The van der Waals surface area contributed by atoms with Gasteiger partial charge in [-0.2, -0.15) is 0 Å². The molecule has 0 saturated carbocycles. The zero-order valence-electron chi connectivity index (χ0n) is 73.7. The number of benzene rings is 24. The van der Waals surface area contributed by atoms with Gasteiger partial charge >= 0.3 is 0 Å². The minimum Gasteiger partial charge on any atom is -0.455 e. The summed E-state index contributed by atoms with van der Waals surface area (Å²) in [6.07, 6.45) is 0. The van der Waals surface area contributed by atoms with Gasteiger partial charge in [0.05, 0.1) is 0 Å². The molecule has 0 spiro atoms. The van der Waals surface area contributed by atoms with Crippen molar-refractivity contribution in [2.45, 2.75) is 0 Å². The SMILES string of the molecule is c1ccc(-c2cccc(-c3c4ccccc4c(-c4cccc(-c5cccc6c5oc5ccccc56)c4)c4ccccc34)c2)cc1.c1ccc(-c2cccc(-c3c4ccccc4c(-c4ccccc4-c4cccc5c4oc4ccccc45)c4ccccc34)c2)cc1.c1ccc(-c2ccccc2-c2c3ccccc3c(-c3cccc(-c4cccc5c4oc4ccccc45)c3)c3ccccc23)cc1. The van der Waals surface area contributed by atoms with Crippen molar-refractivity contribution in [1.82, 2.24) is 0 Å². The minimum absolute atomic E-state index is 0.912. The first-order valence-electron chi connectivity index (χ1n) is 46.3. The largest absolute Gasteiger partial charge is 0.455 e. The monoisotopic (exact) mass is 1720 g/mol. The highest BCUT2D eigenvalue weighted by Gasteiger charge is 2.26. The first-order chi connectivity index (χ1) is 67.0. The van der Waals surface area contributed by atoms with E-state index in [0.29, 0.717) is 0 Å². The topological polar surface area (TPSA) is 39.4 Å². The van der Waals surface area contributed by atoms with Crippen LogP contribution in [0.1, 0.15) is 0 Å². The molecule has 630 valence electrons. The first-order valence-corrected chi connectivity index (χ1v) is 46.3. The van der Waals surface area contributed by atoms with E-state index in [9.17, 15) is 0 Å². The minimum atomic E-state index is 0.912. The summed E-state index contributed by atoms with van der Waals surface area (Å²) >= 11 is 0. The second-order valence-corrected chi connectivity index (χ2v) is 34.9. The molecule has 3 aromatic heterocycles. The lowest BCUT2D eigenvalue weighted by Crippen LogP contribution is -1.93. The zero-order chi connectivity index (χ0) is 89.2. The van der Waals surface area contributed by atoms with Crippen molar-refractivity contribution in [3.8, 4) is 134 Å². The van der Waals surface area contributed by atoms with Crippen LogP contribution in [0.3, 0.4) is 0 Å². The highest BCUT2D eigenvalue weighted by Crippen LogP contribution is 2.53. The highest BCUT2D eigenvalue weighted by molar-refractivity contribution is 6.27. The van der Waals surface area contributed by atoms with Crippen molar-refractivity contribution in [2.75, 3.05) is 0 Å². The molecule has 3 nitrogen and oxygen atoms in total. The molecule has 0 fully saturated rings. The highest BCUT2D eigenvalue weighted by atomic mass is 16.3. The first kappa shape index (κ1) is 79.4. The molecule has 0 radical (unpaired) electrons. The summed E-state index contributed by atoms with van der Waals surface area (Å²) in [6, 6.07) is 183. The van der Waals surface area contributed by atoms with Gasteiger partial charge in [0.15, 0.2) is 0 Å². The van der Waals surface area contributed by atoms with Crippen molar-refractivity contribution < 1.29 is 13.3 Å². The summed E-state index contributed by atoms with van der Waals surface area (Å²) in [5.74, 6) is 0. The molecule has 0 N–H and O–H groups in total. The van der Waals surface area contributed by atoms with Gasteiger partial charge in [-0.1, -0.05) is 467 Å². The Labute approximate surface area is 781 Å². The zero-order valence-corrected chi connectivity index (χ0v) is 73.7. The van der Waals surface area contributed by atoms with Crippen LogP contribution in [0, 0.1) is 0 Å². The molecule has 0 amide bonds. The van der Waals surface area contributed by atoms with Gasteiger partial charge < -0.3 is 13.3 Å². The summed E-state index contributed by atoms with van der Waals surface area (Å²) < 4.78 is 19.4. The van der Waals surface area contributed by atoms with E-state index in [1.165, 1.54) is 165 Å². The van der Waals surface area contributed by atoms with Gasteiger partial charge in [0, 0.05) is 49.0 Å². The Morgan fingerprint density at radius 2 is 0.289 bits per heavy atom. The summed E-state index contributed by atoms with van der Waals surface area (Å²) in [4.78, 5) is 0. The predicted octanol–water partition coefficient (Wildman–Crippen LogP) is 37.7. The number of hydrogen-bond donors (Lipinski definition) is 0. The normalized spacial score (nSPS) is 11.6. The van der Waals surface area contributed by atoms with E-state index in [1.807, 2.05) is 30.3 Å². The van der Waals surface area contributed by atoms with E-state index in [4.69, 9.17) is 13.3 Å². The van der Waals surface area contributed by atoms with Gasteiger partial charge in [0.1, 0.15) is 33.5 Å². The molecule has 27 rings (SSSR count). The second-order valence-electron chi connectivity index (χ2n) is 34.9. The molecule has 0 bridgehead atoms. The molecule has 0 aliphatic heterocycles.